The molecular weight excluding hydrogens is 1190 g/mol. The number of hydrogen-bond acceptors (Lipinski definition) is 11. The van der Waals surface area contributed by atoms with Crippen LogP contribution in [0, 0.1) is 73.9 Å². The number of carbonyl (C=O) groups excluding carboxylic acids is 5. The minimum absolute atomic E-state index is 0. The Labute approximate surface area is 525 Å². The molecule has 85 heavy (non-hydrogen) atoms. The van der Waals surface area contributed by atoms with Crippen molar-refractivity contribution in [3.8, 4) is 0 Å². The molecule has 480 valence electrons. The fourth-order valence-corrected chi connectivity index (χ4v) is 12.2. The molecule has 0 bridgehead atoms. The van der Waals surface area contributed by atoms with Crippen LogP contribution in [-0.2, 0) is 62.9 Å². The SMILES string of the molecule is CCC(C)(C)C(=O)OCCSC(C)C(=O)N=C1[N-]/C(=C\c2[nH]c(NC(=O)C(C)(C)C)c(C(=O)OC3C(C(C)(C)C)CC(C)CC3C(C)(C)C)c2C(C)C)C(C(C)C)=C1C(=O)OC1C(C(C)(C)C)CC(C)CC1C(C)(C)C.[NH-]S(=O)(=O)C(F)(F)F.[Zn+2]. The Kier molecular flexibility index (Phi) is 26.4. The van der Waals surface area contributed by atoms with Gasteiger partial charge in [0, 0.05) is 40.5 Å². The van der Waals surface area contributed by atoms with Crippen LogP contribution in [0.5, 0.6) is 0 Å². The number of nitrogens with zero attached hydrogens (tertiary/aromatic N) is 2. The minimum atomic E-state index is -5.59. The molecule has 2 fully saturated rings. The molecule has 2 saturated carbocycles. The molecule has 0 aromatic carbocycles. The van der Waals surface area contributed by atoms with E-state index >= 15 is 9.59 Å². The van der Waals surface area contributed by atoms with Gasteiger partial charge in [0.15, 0.2) is 15.9 Å². The van der Waals surface area contributed by atoms with Gasteiger partial charge in [-0.3, -0.25) is 14.4 Å². The van der Waals surface area contributed by atoms with Crippen LogP contribution in [0.1, 0.15) is 233 Å². The summed E-state index contributed by atoms with van der Waals surface area (Å²) in [7, 11) is -5.59. The van der Waals surface area contributed by atoms with E-state index in [2.05, 4.69) is 112 Å². The van der Waals surface area contributed by atoms with Crippen LogP contribution < -0.4 is 5.32 Å². The molecule has 15 nitrogen and oxygen atoms in total. The van der Waals surface area contributed by atoms with E-state index in [9.17, 15) is 36.0 Å². The Morgan fingerprint density at radius 3 is 1.49 bits per heavy atom. The van der Waals surface area contributed by atoms with Crippen molar-refractivity contribution in [2.24, 2.45) is 78.9 Å². The van der Waals surface area contributed by atoms with Crippen LogP contribution in [0.15, 0.2) is 21.8 Å². The molecule has 3 aliphatic rings. The Hall–Kier alpha value is -3.55. The summed E-state index contributed by atoms with van der Waals surface area (Å²) in [5.41, 5.74) is -5.07. The van der Waals surface area contributed by atoms with Gasteiger partial charge in [-0.25, -0.2) is 18.0 Å². The van der Waals surface area contributed by atoms with Crippen molar-refractivity contribution in [3.05, 3.63) is 44.1 Å². The van der Waals surface area contributed by atoms with Gasteiger partial charge >= 0.3 is 42.9 Å². The molecule has 4 rings (SSSR count). The van der Waals surface area contributed by atoms with Gasteiger partial charge < -0.3 is 40.0 Å². The number of allylic oxidation sites excluding steroid dienone is 1. The average molecular weight is 1290 g/mol. The third-order valence-electron chi connectivity index (χ3n) is 17.0. The molecular formula is C64H104F3N5O10S2Zn. The normalized spacial score (nSPS) is 24.3. The number of ether oxygens (including phenoxy) is 3. The summed E-state index contributed by atoms with van der Waals surface area (Å²) in [6, 6.07) is 0. The summed E-state index contributed by atoms with van der Waals surface area (Å²) in [6.07, 6.45) is 5.28. The van der Waals surface area contributed by atoms with Gasteiger partial charge in [-0.15, -0.1) is 11.8 Å². The van der Waals surface area contributed by atoms with Crippen LogP contribution in [0.3, 0.4) is 0 Å². The van der Waals surface area contributed by atoms with Gasteiger partial charge in [0.25, 0.3) is 0 Å². The predicted molar refractivity (Wildman–Crippen MR) is 333 cm³/mol. The number of esters is 3. The van der Waals surface area contributed by atoms with Gasteiger partial charge in [0.2, 0.25) is 5.91 Å². The zero-order valence-electron chi connectivity index (χ0n) is 56.0. The molecule has 2 heterocycles. The Morgan fingerprint density at radius 1 is 0.729 bits per heavy atom. The third-order valence-corrected chi connectivity index (χ3v) is 18.7. The van der Waals surface area contributed by atoms with Crippen molar-refractivity contribution in [1.29, 1.82) is 0 Å². The monoisotopic (exact) mass is 1290 g/mol. The number of sulfonamides is 1. The Balaban J connectivity index is 0.00000254. The number of hydrogen-bond donors (Lipinski definition) is 2. The van der Waals surface area contributed by atoms with Gasteiger partial charge in [-0.1, -0.05) is 152 Å². The molecule has 1 aliphatic heterocycles. The number of aromatic amines is 1. The maximum absolute atomic E-state index is 15.4. The summed E-state index contributed by atoms with van der Waals surface area (Å²) < 4.78 is 70.1. The van der Waals surface area contributed by atoms with Crippen molar-refractivity contribution in [1.82, 2.24) is 4.98 Å². The number of carbonyl (C=O) groups is 5. The summed E-state index contributed by atoms with van der Waals surface area (Å²) in [5, 5.41) is 12.9. The van der Waals surface area contributed by atoms with Crippen LogP contribution in [0.4, 0.5) is 19.0 Å². The number of nitrogens with one attached hydrogen (secondary N) is 3. The summed E-state index contributed by atoms with van der Waals surface area (Å²) in [5.74, 6) is -1.03. The zero-order chi connectivity index (χ0) is 65.2. The maximum Gasteiger partial charge on any atom is 2.00 e. The van der Waals surface area contributed by atoms with Crippen molar-refractivity contribution in [2.45, 2.75) is 234 Å². The first-order valence-electron chi connectivity index (χ1n) is 29.9. The Bertz CT molecular complexity index is 2700. The number of rotatable bonds is 15. The average Bonchev–Trinajstić information content (AvgIpc) is 2.00. The smallest absolute Gasteiger partial charge is 0.556 e. The van der Waals surface area contributed by atoms with Crippen LogP contribution in [-0.4, -0.2) is 84.3 Å². The molecule has 0 spiro atoms. The first-order valence-corrected chi connectivity index (χ1v) is 32.5. The molecule has 0 saturated heterocycles. The number of anilines is 1. The van der Waals surface area contributed by atoms with Gasteiger partial charge in [-0.2, -0.15) is 13.2 Å². The minimum Gasteiger partial charge on any atom is -0.556 e. The molecule has 5 unspecified atom stereocenters. The Morgan fingerprint density at radius 2 is 1.14 bits per heavy atom. The number of H-pyrrole nitrogens is 1. The molecule has 0 radical (unpaired) electrons. The van der Waals surface area contributed by atoms with E-state index in [0.29, 0.717) is 46.5 Å². The first-order chi connectivity index (χ1) is 37.8. The summed E-state index contributed by atoms with van der Waals surface area (Å²) in [6.45, 7) is 52.1. The van der Waals surface area contributed by atoms with Gasteiger partial charge in [0.1, 0.15) is 30.2 Å². The fourth-order valence-electron chi connectivity index (χ4n) is 11.5. The number of thioether (sulfide) groups is 1. The van der Waals surface area contributed by atoms with Crippen LogP contribution >= 0.6 is 11.8 Å². The zero-order valence-corrected chi connectivity index (χ0v) is 60.6. The first kappa shape index (κ1) is 77.5. The van der Waals surface area contributed by atoms with Crippen molar-refractivity contribution in [3.63, 3.8) is 0 Å². The van der Waals surface area contributed by atoms with E-state index in [-0.39, 0.29) is 124 Å². The van der Waals surface area contributed by atoms with E-state index < -0.39 is 55.6 Å². The summed E-state index contributed by atoms with van der Waals surface area (Å²) >= 11 is 1.31. The van der Waals surface area contributed by atoms with Gasteiger partial charge in [-0.05, 0) is 127 Å². The second kappa shape index (κ2) is 28.9. The number of aliphatic imine (C=N–C) groups is 1. The van der Waals surface area contributed by atoms with Crippen molar-refractivity contribution in [2.75, 3.05) is 17.7 Å². The number of alkyl halides is 3. The molecule has 21 heteroatoms. The summed E-state index contributed by atoms with van der Waals surface area (Å²) in [4.78, 5) is 79.8. The number of halogens is 3. The molecule has 1 aromatic heterocycles. The molecule has 3 N–H and O–H groups in total. The van der Waals surface area contributed by atoms with E-state index in [4.69, 9.17) is 24.7 Å². The maximum atomic E-state index is 15.4. The number of amidine groups is 1. The standard InChI is InChI=1S/C63H104N4O8S.CHF3NO2S.Zn/c1-26-63(24,25)57(72)73-27-28-76-38(8)53(68)66-51-47(54(69)74-49-39(58(9,10)11)29-36(6)30-40(49)59(12,13)14)45(34(2)3)43(64-51)33-44-46(35(4)5)48(52(65-44)67-56(71)62(21,22)23)55(70)75-50-41(60(15,16)17)31-37(7)32-42(50)61(18,19)20;2-1(3,4)8(5,6)7;/h33-42,49-50H,26-32H2,1-25H3,(H3,64,65,66,67,68,69,70,71);(H-,5,6,7);/q;-1;+2/p-1. The molecule has 2 aliphatic carbocycles. The fraction of sp³-hybridized carbons (Fsp3) is 0.781. The predicted octanol–water partition coefficient (Wildman–Crippen LogP) is 16.7. The molecule has 5 atom stereocenters. The van der Waals surface area contributed by atoms with Crippen LogP contribution in [0.2, 0.25) is 0 Å². The van der Waals surface area contributed by atoms with Gasteiger partial charge in [0.05, 0.1) is 16.2 Å². The van der Waals surface area contributed by atoms with Crippen molar-refractivity contribution >= 4 is 69.2 Å². The second-order valence-corrected chi connectivity index (χ2v) is 33.5. The second-order valence-electron chi connectivity index (χ2n) is 30.5. The topological polar surface area (TPSA) is 225 Å². The number of amides is 2. The van der Waals surface area contributed by atoms with Crippen LogP contribution in [0.25, 0.3) is 16.5 Å². The largest absolute Gasteiger partial charge is 2.00 e. The third kappa shape index (κ3) is 20.5. The molecule has 1 aromatic rings. The van der Waals surface area contributed by atoms with E-state index in [1.165, 1.54) is 11.8 Å². The van der Waals surface area contributed by atoms with E-state index in [1.807, 2.05) is 75.3 Å². The van der Waals surface area contributed by atoms with Crippen molar-refractivity contribution < 1.29 is 79.3 Å². The quantitative estimate of drug-likeness (QED) is 0.0727. The number of aromatic nitrogens is 1. The van der Waals surface area contributed by atoms with E-state index in [1.54, 1.807) is 6.92 Å². The van der Waals surface area contributed by atoms with E-state index in [0.717, 1.165) is 25.7 Å². The molecule has 2 amide bonds.